The summed E-state index contributed by atoms with van der Waals surface area (Å²) in [4.78, 5) is 10.0. The summed E-state index contributed by atoms with van der Waals surface area (Å²) in [6.45, 7) is 0.762. The number of carbonyl (C=O) groups excluding carboxylic acids is 1. The number of ether oxygens (including phenoxy) is 1. The lowest BCUT2D eigenvalue weighted by Gasteiger charge is -2.24. The maximum atomic E-state index is 10.0. The summed E-state index contributed by atoms with van der Waals surface area (Å²) >= 11 is 0. The van der Waals surface area contributed by atoms with Gasteiger partial charge in [-0.05, 0) is 6.42 Å². The SMILES string of the molecule is [NH]C(=O)CC1CCO1. The van der Waals surface area contributed by atoms with Crippen molar-refractivity contribution in [1.82, 2.24) is 5.73 Å². The van der Waals surface area contributed by atoms with Crippen LogP contribution in [-0.2, 0) is 9.53 Å². The predicted octanol–water partition coefficient (Wildman–Crippen LogP) is -0.0251. The molecule has 0 aromatic carbocycles. The van der Waals surface area contributed by atoms with Crippen LogP contribution in [0.5, 0.6) is 0 Å². The summed E-state index contributed by atoms with van der Waals surface area (Å²) in [6, 6.07) is 0. The second-order valence-corrected chi connectivity index (χ2v) is 1.91. The second-order valence-electron chi connectivity index (χ2n) is 1.91. The lowest BCUT2D eigenvalue weighted by molar-refractivity contribution is -0.126. The van der Waals surface area contributed by atoms with Gasteiger partial charge in [0.25, 0.3) is 0 Å². The van der Waals surface area contributed by atoms with Crippen LogP contribution in [-0.4, -0.2) is 18.6 Å². The summed E-state index contributed by atoms with van der Waals surface area (Å²) in [7, 11) is 0. The average Bonchev–Trinajstić information content (AvgIpc) is 1.55. The van der Waals surface area contributed by atoms with Crippen LogP contribution in [0, 0.1) is 0 Å². The van der Waals surface area contributed by atoms with Crippen molar-refractivity contribution < 1.29 is 9.53 Å². The minimum absolute atomic E-state index is 0.0694. The lowest BCUT2D eigenvalue weighted by atomic mass is 10.1. The van der Waals surface area contributed by atoms with E-state index >= 15 is 0 Å². The number of hydrogen-bond donors (Lipinski definition) is 0. The van der Waals surface area contributed by atoms with Gasteiger partial charge in [-0.2, -0.15) is 0 Å². The largest absolute Gasteiger partial charge is 0.377 e. The molecule has 0 aliphatic carbocycles. The maximum Gasteiger partial charge on any atom is 0.240 e. The Balaban J connectivity index is 2.09. The molecular formula is C5H8NO2. The summed E-state index contributed by atoms with van der Waals surface area (Å²) in [5, 5.41) is 0. The molecule has 1 fully saturated rings. The molecule has 3 heteroatoms. The lowest BCUT2D eigenvalue weighted by Crippen LogP contribution is -2.29. The van der Waals surface area contributed by atoms with E-state index in [-0.39, 0.29) is 12.5 Å². The number of carbonyl (C=O) groups is 1. The van der Waals surface area contributed by atoms with Gasteiger partial charge in [0.05, 0.1) is 12.5 Å². The number of hydrogen-bond acceptors (Lipinski definition) is 2. The molecule has 0 saturated carbocycles. The second kappa shape index (κ2) is 2.13. The Labute approximate surface area is 47.8 Å². The summed E-state index contributed by atoms with van der Waals surface area (Å²) in [5.74, 6) is -0.519. The van der Waals surface area contributed by atoms with Gasteiger partial charge in [-0.25, -0.2) is 0 Å². The molecule has 0 aromatic rings. The molecule has 1 radical (unpaired) electrons. The van der Waals surface area contributed by atoms with Crippen molar-refractivity contribution in [3.8, 4) is 0 Å². The molecule has 1 heterocycles. The van der Waals surface area contributed by atoms with Crippen LogP contribution in [0.25, 0.3) is 0 Å². The molecule has 1 aliphatic rings. The van der Waals surface area contributed by atoms with Gasteiger partial charge in [0.2, 0.25) is 5.91 Å². The third-order valence-corrected chi connectivity index (χ3v) is 1.21. The van der Waals surface area contributed by atoms with Gasteiger partial charge in [0.1, 0.15) is 0 Å². The first-order valence-electron chi connectivity index (χ1n) is 2.65. The molecule has 8 heavy (non-hydrogen) atoms. The van der Waals surface area contributed by atoms with Crippen LogP contribution in [0.1, 0.15) is 12.8 Å². The zero-order chi connectivity index (χ0) is 5.98. The first-order valence-corrected chi connectivity index (χ1v) is 2.65. The van der Waals surface area contributed by atoms with Crippen LogP contribution in [0.15, 0.2) is 0 Å². The van der Waals surface area contributed by atoms with Gasteiger partial charge >= 0.3 is 0 Å². The van der Waals surface area contributed by atoms with E-state index in [9.17, 15) is 4.79 Å². The van der Waals surface area contributed by atoms with Crippen LogP contribution in [0.4, 0.5) is 0 Å². The van der Waals surface area contributed by atoms with Gasteiger partial charge in [0, 0.05) is 6.61 Å². The first kappa shape index (κ1) is 5.56. The van der Waals surface area contributed by atoms with Gasteiger partial charge in [0.15, 0.2) is 0 Å². The Kier molecular flexibility index (Phi) is 1.48. The van der Waals surface area contributed by atoms with Crippen molar-refractivity contribution in [2.75, 3.05) is 6.61 Å². The Morgan fingerprint density at radius 3 is 2.62 bits per heavy atom. The van der Waals surface area contributed by atoms with E-state index in [2.05, 4.69) is 0 Å². The maximum absolute atomic E-state index is 10.0. The highest BCUT2D eigenvalue weighted by Gasteiger charge is 2.19. The van der Waals surface area contributed by atoms with E-state index in [1.54, 1.807) is 0 Å². The third kappa shape index (κ3) is 1.20. The molecule has 45 valence electrons. The number of rotatable bonds is 2. The predicted molar refractivity (Wildman–Crippen MR) is 27.1 cm³/mol. The molecule has 1 saturated heterocycles. The normalized spacial score (nSPS) is 26.8. The van der Waals surface area contributed by atoms with Crippen molar-refractivity contribution in [1.29, 1.82) is 0 Å². The highest BCUT2D eigenvalue weighted by atomic mass is 16.5. The van der Waals surface area contributed by atoms with E-state index in [0.29, 0.717) is 0 Å². The van der Waals surface area contributed by atoms with E-state index in [1.807, 2.05) is 0 Å². The molecule has 3 nitrogen and oxygen atoms in total. The van der Waals surface area contributed by atoms with Crippen molar-refractivity contribution >= 4 is 5.91 Å². The zero-order valence-corrected chi connectivity index (χ0v) is 4.52. The molecule has 1 N–H and O–H groups in total. The Morgan fingerprint density at radius 2 is 2.50 bits per heavy atom. The smallest absolute Gasteiger partial charge is 0.240 e. The highest BCUT2D eigenvalue weighted by Crippen LogP contribution is 2.13. The number of amides is 1. The van der Waals surface area contributed by atoms with E-state index in [1.165, 1.54) is 0 Å². The quantitative estimate of drug-likeness (QED) is 0.506. The first-order chi connectivity index (χ1) is 3.79. The van der Waals surface area contributed by atoms with Crippen LogP contribution < -0.4 is 5.73 Å². The van der Waals surface area contributed by atoms with Gasteiger partial charge in [-0.1, -0.05) is 0 Å². The molecule has 1 unspecified atom stereocenters. The number of nitrogens with one attached hydrogen (secondary N) is 1. The molecular weight excluding hydrogens is 106 g/mol. The van der Waals surface area contributed by atoms with Crippen LogP contribution >= 0.6 is 0 Å². The fourth-order valence-corrected chi connectivity index (χ4v) is 0.652. The van der Waals surface area contributed by atoms with Crippen molar-refractivity contribution in [2.24, 2.45) is 0 Å². The summed E-state index contributed by atoms with van der Waals surface area (Å²) < 4.78 is 4.90. The molecule has 1 rings (SSSR count). The van der Waals surface area contributed by atoms with Crippen molar-refractivity contribution in [2.45, 2.75) is 18.9 Å². The Morgan fingerprint density at radius 1 is 1.88 bits per heavy atom. The molecule has 1 amide bonds. The van der Waals surface area contributed by atoms with Gasteiger partial charge in [-0.3, -0.25) is 10.5 Å². The van der Waals surface area contributed by atoms with Crippen molar-refractivity contribution in [3.63, 3.8) is 0 Å². The molecule has 0 spiro atoms. The van der Waals surface area contributed by atoms with E-state index < -0.39 is 5.91 Å². The molecule has 0 aromatic heterocycles. The zero-order valence-electron chi connectivity index (χ0n) is 4.52. The average molecular weight is 114 g/mol. The van der Waals surface area contributed by atoms with Crippen LogP contribution in [0.3, 0.4) is 0 Å². The van der Waals surface area contributed by atoms with E-state index in [0.717, 1.165) is 13.0 Å². The monoisotopic (exact) mass is 114 g/mol. The van der Waals surface area contributed by atoms with Gasteiger partial charge < -0.3 is 4.74 Å². The topological polar surface area (TPSA) is 50.1 Å². The summed E-state index contributed by atoms with van der Waals surface area (Å²) in [6.07, 6.45) is 1.30. The Hall–Kier alpha value is -0.570. The van der Waals surface area contributed by atoms with Crippen molar-refractivity contribution in [3.05, 3.63) is 0 Å². The fraction of sp³-hybridized carbons (Fsp3) is 0.800. The molecule has 1 aliphatic heterocycles. The fourth-order valence-electron chi connectivity index (χ4n) is 0.652. The van der Waals surface area contributed by atoms with Gasteiger partial charge in [-0.15, -0.1) is 0 Å². The molecule has 0 bridgehead atoms. The van der Waals surface area contributed by atoms with E-state index in [4.69, 9.17) is 10.5 Å². The minimum Gasteiger partial charge on any atom is -0.377 e. The molecule has 1 atom stereocenters. The third-order valence-electron chi connectivity index (χ3n) is 1.21. The minimum atomic E-state index is -0.519. The Bertz CT molecular complexity index is 98.6. The highest BCUT2D eigenvalue weighted by molar-refractivity contribution is 5.73. The standard InChI is InChI=1S/C5H8NO2/c6-5(7)3-4-1-2-8-4/h4,6H,1-3H2. The van der Waals surface area contributed by atoms with Crippen LogP contribution in [0.2, 0.25) is 0 Å². The summed E-state index contributed by atoms with van der Waals surface area (Å²) in [5.41, 5.74) is 6.53.